The number of guanidine groups is 1. The molecule has 2 N–H and O–H groups in total. The van der Waals surface area contributed by atoms with Crippen LogP contribution in [0.3, 0.4) is 0 Å². The summed E-state index contributed by atoms with van der Waals surface area (Å²) in [6.07, 6.45) is 0. The van der Waals surface area contributed by atoms with Crippen LogP contribution in [0.4, 0.5) is 4.39 Å². The molecule has 0 aromatic heterocycles. The second-order valence-electron chi connectivity index (χ2n) is 5.71. The topological polar surface area (TPSA) is 79.8 Å². The van der Waals surface area contributed by atoms with Crippen LogP contribution in [0.25, 0.3) is 0 Å². The van der Waals surface area contributed by atoms with Gasteiger partial charge < -0.3 is 15.4 Å². The zero-order chi connectivity index (χ0) is 19.5. The van der Waals surface area contributed by atoms with E-state index in [1.165, 1.54) is 18.2 Å². The molecule has 0 saturated carbocycles. The monoisotopic (exact) mass is 521 g/mol. The van der Waals surface area contributed by atoms with Crippen molar-refractivity contribution in [3.63, 3.8) is 0 Å². The third kappa shape index (κ3) is 8.11. The van der Waals surface area contributed by atoms with Crippen molar-refractivity contribution < 1.29 is 17.5 Å². The molecule has 2 aromatic rings. The molecule has 0 aliphatic carbocycles. The minimum absolute atomic E-state index is 0. The lowest BCUT2D eigenvalue weighted by molar-refractivity contribution is 0.125. The summed E-state index contributed by atoms with van der Waals surface area (Å²) < 4.78 is 43.6. The van der Waals surface area contributed by atoms with Crippen molar-refractivity contribution in [3.05, 3.63) is 66.0 Å². The Morgan fingerprint density at radius 3 is 2.36 bits per heavy atom. The van der Waals surface area contributed by atoms with E-state index in [-0.39, 0.29) is 41.2 Å². The van der Waals surface area contributed by atoms with Crippen LogP contribution in [-0.2, 0) is 21.2 Å². The molecule has 0 fully saturated rings. The summed E-state index contributed by atoms with van der Waals surface area (Å²) in [7, 11) is -2.11. The number of ether oxygens (including phenoxy) is 1. The van der Waals surface area contributed by atoms with Gasteiger partial charge in [0, 0.05) is 20.1 Å². The second kappa shape index (κ2) is 12.7. The lowest BCUT2D eigenvalue weighted by atomic mass is 10.2. The molecule has 2 aromatic carbocycles. The van der Waals surface area contributed by atoms with Crippen LogP contribution in [0.1, 0.15) is 5.56 Å². The van der Waals surface area contributed by atoms with Crippen LogP contribution in [0.5, 0.6) is 0 Å². The van der Waals surface area contributed by atoms with Gasteiger partial charge in [0.05, 0.1) is 19.0 Å². The lowest BCUT2D eigenvalue weighted by Gasteiger charge is -2.12. The van der Waals surface area contributed by atoms with Gasteiger partial charge in [0.25, 0.3) is 0 Å². The largest absolute Gasteiger partial charge is 0.375 e. The predicted molar refractivity (Wildman–Crippen MR) is 119 cm³/mol. The lowest BCUT2D eigenvalue weighted by Crippen LogP contribution is -2.41. The first kappa shape index (κ1) is 24.3. The average Bonchev–Trinajstić information content (AvgIpc) is 2.67. The molecular weight excluding hydrogens is 496 g/mol. The number of halogens is 2. The molecule has 2 rings (SSSR count). The molecular formula is C19H25FIN3O3S. The minimum atomic E-state index is -3.70. The highest BCUT2D eigenvalue weighted by atomic mass is 127. The van der Waals surface area contributed by atoms with E-state index in [1.54, 1.807) is 7.05 Å². The summed E-state index contributed by atoms with van der Waals surface area (Å²) in [4.78, 5) is 3.74. The fourth-order valence-electron chi connectivity index (χ4n) is 2.34. The van der Waals surface area contributed by atoms with Gasteiger partial charge in [0.2, 0.25) is 0 Å². The van der Waals surface area contributed by atoms with Gasteiger partial charge in [-0.1, -0.05) is 42.5 Å². The first-order valence-corrected chi connectivity index (χ1v) is 10.2. The van der Waals surface area contributed by atoms with E-state index in [2.05, 4.69) is 15.6 Å². The van der Waals surface area contributed by atoms with Gasteiger partial charge in [-0.3, -0.25) is 4.99 Å². The highest BCUT2D eigenvalue weighted by Gasteiger charge is 2.18. The van der Waals surface area contributed by atoms with Crippen molar-refractivity contribution in [1.82, 2.24) is 10.6 Å². The first-order valence-electron chi connectivity index (χ1n) is 8.56. The van der Waals surface area contributed by atoms with Crippen molar-refractivity contribution in [2.75, 3.05) is 32.5 Å². The zero-order valence-electron chi connectivity index (χ0n) is 15.6. The van der Waals surface area contributed by atoms with Gasteiger partial charge in [-0.25, -0.2) is 12.8 Å². The number of sulfone groups is 1. The van der Waals surface area contributed by atoms with Crippen LogP contribution in [0.15, 0.2) is 64.5 Å². The Balaban J connectivity index is 0.00000392. The Hall–Kier alpha value is -1.72. The molecule has 0 atom stereocenters. The molecule has 0 bridgehead atoms. The maximum Gasteiger partial charge on any atom is 0.191 e. The molecule has 9 heteroatoms. The standard InChI is InChI=1S/C19H24FN3O3S.HI/c1-21-19(22-11-13-26-15-16-7-3-2-4-8-16)23-12-14-27(24,25)18-10-6-5-9-17(18)20;/h2-10H,11-15H2,1H3,(H2,21,22,23);1H. The molecule has 0 aliphatic rings. The van der Waals surface area contributed by atoms with Crippen LogP contribution < -0.4 is 10.6 Å². The highest BCUT2D eigenvalue weighted by molar-refractivity contribution is 14.0. The summed E-state index contributed by atoms with van der Waals surface area (Å²) in [5.41, 5.74) is 1.10. The van der Waals surface area contributed by atoms with Crippen molar-refractivity contribution in [1.29, 1.82) is 0 Å². The minimum Gasteiger partial charge on any atom is -0.375 e. The molecule has 0 saturated heterocycles. The predicted octanol–water partition coefficient (Wildman–Crippen LogP) is 2.60. The number of hydrogen-bond acceptors (Lipinski definition) is 4. The van der Waals surface area contributed by atoms with E-state index in [0.29, 0.717) is 25.7 Å². The number of aliphatic imine (C=N–C) groups is 1. The van der Waals surface area contributed by atoms with E-state index >= 15 is 0 Å². The van der Waals surface area contributed by atoms with Gasteiger partial charge >= 0.3 is 0 Å². The maximum atomic E-state index is 13.6. The molecule has 0 aliphatic heterocycles. The maximum absolute atomic E-state index is 13.6. The number of benzene rings is 2. The summed E-state index contributed by atoms with van der Waals surface area (Å²) in [5, 5.41) is 5.94. The summed E-state index contributed by atoms with van der Waals surface area (Å²) >= 11 is 0. The van der Waals surface area contributed by atoms with Crippen LogP contribution >= 0.6 is 24.0 Å². The molecule has 0 heterocycles. The number of nitrogens with one attached hydrogen (secondary N) is 2. The molecule has 0 amide bonds. The summed E-state index contributed by atoms with van der Waals surface area (Å²) in [6, 6.07) is 15.2. The van der Waals surface area contributed by atoms with Crippen LogP contribution in [-0.4, -0.2) is 46.9 Å². The molecule has 28 heavy (non-hydrogen) atoms. The molecule has 0 unspecified atom stereocenters. The Morgan fingerprint density at radius 2 is 1.68 bits per heavy atom. The quantitative estimate of drug-likeness (QED) is 0.230. The smallest absolute Gasteiger partial charge is 0.191 e. The fraction of sp³-hybridized carbons (Fsp3) is 0.316. The first-order chi connectivity index (χ1) is 13.0. The van der Waals surface area contributed by atoms with Gasteiger partial charge in [-0.05, 0) is 17.7 Å². The van der Waals surface area contributed by atoms with Crippen molar-refractivity contribution in [3.8, 4) is 0 Å². The number of hydrogen-bond donors (Lipinski definition) is 2. The third-order valence-corrected chi connectivity index (χ3v) is 5.45. The average molecular weight is 521 g/mol. The fourth-order valence-corrected chi connectivity index (χ4v) is 3.58. The Kier molecular flexibility index (Phi) is 11.0. The SMILES string of the molecule is CN=C(NCCOCc1ccccc1)NCCS(=O)(=O)c1ccccc1F.I. The second-order valence-corrected chi connectivity index (χ2v) is 7.79. The highest BCUT2D eigenvalue weighted by Crippen LogP contribution is 2.14. The van der Waals surface area contributed by atoms with Crippen molar-refractivity contribution in [2.24, 2.45) is 4.99 Å². The van der Waals surface area contributed by atoms with E-state index in [0.717, 1.165) is 11.6 Å². The number of nitrogens with zero attached hydrogens (tertiary/aromatic N) is 1. The Bertz CT molecular complexity index is 849. The molecule has 154 valence electrons. The van der Waals surface area contributed by atoms with Gasteiger partial charge in [0.1, 0.15) is 10.7 Å². The van der Waals surface area contributed by atoms with Crippen LogP contribution in [0.2, 0.25) is 0 Å². The van der Waals surface area contributed by atoms with E-state index in [1.807, 2.05) is 30.3 Å². The number of rotatable bonds is 9. The zero-order valence-corrected chi connectivity index (χ0v) is 18.7. The summed E-state index contributed by atoms with van der Waals surface area (Å²) in [6.45, 7) is 1.63. The van der Waals surface area contributed by atoms with E-state index in [4.69, 9.17) is 4.74 Å². The summed E-state index contributed by atoms with van der Waals surface area (Å²) in [5.74, 6) is -0.517. The molecule has 0 spiro atoms. The Morgan fingerprint density at radius 1 is 1.04 bits per heavy atom. The van der Waals surface area contributed by atoms with E-state index in [9.17, 15) is 12.8 Å². The normalized spacial score (nSPS) is 11.6. The van der Waals surface area contributed by atoms with Gasteiger partial charge in [-0.2, -0.15) is 0 Å². The Labute approximate surface area is 182 Å². The van der Waals surface area contributed by atoms with Gasteiger partial charge in [-0.15, -0.1) is 24.0 Å². The molecule has 0 radical (unpaired) electrons. The van der Waals surface area contributed by atoms with Crippen molar-refractivity contribution >= 4 is 39.8 Å². The third-order valence-electron chi connectivity index (χ3n) is 3.71. The van der Waals surface area contributed by atoms with Gasteiger partial charge in [0.15, 0.2) is 15.8 Å². The van der Waals surface area contributed by atoms with Crippen LogP contribution in [0, 0.1) is 5.82 Å². The molecule has 6 nitrogen and oxygen atoms in total. The van der Waals surface area contributed by atoms with Crippen molar-refractivity contribution in [2.45, 2.75) is 11.5 Å². The van der Waals surface area contributed by atoms with E-state index < -0.39 is 15.7 Å².